The zero-order chi connectivity index (χ0) is 32.8. The Morgan fingerprint density at radius 2 is 1.39 bits per heavy atom. The molecule has 3 aromatic rings. The second-order valence-electron chi connectivity index (χ2n) is 12.0. The number of unbranched alkanes of at least 4 members (excludes halogenated alkanes) is 11. The van der Waals surface area contributed by atoms with E-state index in [1.165, 1.54) is 64.2 Å². The molecule has 250 valence electrons. The maximum atomic E-state index is 13.4. The van der Waals surface area contributed by atoms with Gasteiger partial charge in [0, 0.05) is 23.6 Å². The average molecular weight is 632 g/mol. The molecule has 0 spiro atoms. The molecule has 0 fully saturated rings. The molecule has 0 unspecified atom stereocenters. The number of pyridine rings is 1. The van der Waals surface area contributed by atoms with E-state index in [1.54, 1.807) is 31.4 Å². The van der Waals surface area contributed by atoms with E-state index < -0.39 is 12.0 Å². The lowest BCUT2D eigenvalue weighted by Gasteiger charge is -2.20. The van der Waals surface area contributed by atoms with Crippen LogP contribution in [-0.4, -0.2) is 30.6 Å². The molecule has 0 aliphatic carbocycles. The number of aromatic nitrogens is 1. The van der Waals surface area contributed by atoms with Crippen LogP contribution in [0.3, 0.4) is 0 Å². The number of amides is 2. The third-order valence-corrected chi connectivity index (χ3v) is 8.07. The fourth-order valence-corrected chi connectivity index (χ4v) is 5.47. The first-order valence-corrected chi connectivity index (χ1v) is 17.4. The van der Waals surface area contributed by atoms with Gasteiger partial charge in [0.05, 0.1) is 20.3 Å². The Bertz CT molecular complexity index is 1300. The summed E-state index contributed by atoms with van der Waals surface area (Å²) in [6.45, 7) is 5.96. The first-order chi connectivity index (χ1) is 22.5. The van der Waals surface area contributed by atoms with E-state index in [2.05, 4.69) is 18.4 Å². The normalized spacial score (nSPS) is 10.8. The van der Waals surface area contributed by atoms with Crippen LogP contribution in [0.5, 0.6) is 11.5 Å². The van der Waals surface area contributed by atoms with Crippen molar-refractivity contribution in [3.63, 3.8) is 0 Å². The number of carbonyl (C=O) groups is 2. The summed E-state index contributed by atoms with van der Waals surface area (Å²) in [5, 5.41) is 0. The predicted molar refractivity (Wildman–Crippen MR) is 183 cm³/mol. The van der Waals surface area contributed by atoms with Gasteiger partial charge in [-0.3, -0.25) is 4.79 Å². The first-order valence-electron chi connectivity index (χ1n) is 17.4. The zero-order valence-corrected chi connectivity index (χ0v) is 28.4. The number of rotatable bonds is 22. The Labute approximate surface area is 276 Å². The third kappa shape index (κ3) is 13.2. The molecular formula is C39H55N2O5+. The summed E-state index contributed by atoms with van der Waals surface area (Å²) in [5.74, 6) is 0.857. The minimum Gasteiger partial charge on any atom is -0.493 e. The van der Waals surface area contributed by atoms with Crippen LogP contribution in [0.4, 0.5) is 4.79 Å². The van der Waals surface area contributed by atoms with Crippen molar-refractivity contribution in [2.75, 3.05) is 13.7 Å². The van der Waals surface area contributed by atoms with Crippen molar-refractivity contribution in [1.29, 1.82) is 0 Å². The van der Waals surface area contributed by atoms with E-state index in [0.29, 0.717) is 23.7 Å². The van der Waals surface area contributed by atoms with Gasteiger partial charge in [0.15, 0.2) is 23.9 Å². The van der Waals surface area contributed by atoms with E-state index in [-0.39, 0.29) is 13.2 Å². The lowest BCUT2D eigenvalue weighted by atomic mass is 10.1. The molecule has 1 aromatic heterocycles. The Balaban J connectivity index is 1.47. The maximum absolute atomic E-state index is 13.4. The van der Waals surface area contributed by atoms with Gasteiger partial charge in [-0.15, -0.1) is 0 Å². The van der Waals surface area contributed by atoms with Crippen LogP contribution in [0.2, 0.25) is 0 Å². The summed E-state index contributed by atoms with van der Waals surface area (Å²) in [4.78, 5) is 27.9. The highest BCUT2D eigenvalue weighted by Crippen LogP contribution is 2.29. The van der Waals surface area contributed by atoms with Crippen LogP contribution < -0.4 is 14.0 Å². The van der Waals surface area contributed by atoms with E-state index in [0.717, 1.165) is 41.8 Å². The van der Waals surface area contributed by atoms with Crippen molar-refractivity contribution in [2.45, 2.75) is 117 Å². The lowest BCUT2D eigenvalue weighted by Crippen LogP contribution is -2.38. The molecule has 0 bridgehead atoms. The molecule has 3 rings (SSSR count). The molecule has 0 N–H and O–H groups in total. The highest BCUT2D eigenvalue weighted by Gasteiger charge is 2.25. The molecule has 0 aliphatic rings. The van der Waals surface area contributed by atoms with Gasteiger partial charge in [0.2, 0.25) is 0 Å². The van der Waals surface area contributed by atoms with Gasteiger partial charge in [0.1, 0.15) is 13.2 Å². The second-order valence-corrected chi connectivity index (χ2v) is 12.0. The number of nitrogens with zero attached hydrogens (tertiary/aromatic N) is 2. The molecule has 0 atom stereocenters. The Morgan fingerprint density at radius 1 is 0.717 bits per heavy atom. The quantitative estimate of drug-likeness (QED) is 0.0816. The highest BCUT2D eigenvalue weighted by molar-refractivity contribution is 6.02. The largest absolute Gasteiger partial charge is 0.493 e. The van der Waals surface area contributed by atoms with Crippen molar-refractivity contribution in [2.24, 2.45) is 0 Å². The van der Waals surface area contributed by atoms with Crippen LogP contribution in [0.15, 0.2) is 73.1 Å². The van der Waals surface area contributed by atoms with Gasteiger partial charge >= 0.3 is 6.09 Å². The van der Waals surface area contributed by atoms with Crippen molar-refractivity contribution >= 4 is 12.0 Å². The molecule has 0 radical (unpaired) electrons. The van der Waals surface area contributed by atoms with E-state index >= 15 is 0 Å². The number of imide groups is 1. The Morgan fingerprint density at radius 3 is 2.04 bits per heavy atom. The molecule has 2 aromatic carbocycles. The summed E-state index contributed by atoms with van der Waals surface area (Å²) in [5.41, 5.74) is 2.01. The van der Waals surface area contributed by atoms with Crippen LogP contribution >= 0.6 is 0 Å². The number of aryl methyl sites for hydroxylation is 1. The van der Waals surface area contributed by atoms with Crippen molar-refractivity contribution in [3.05, 3.63) is 89.7 Å². The number of ether oxygens (including phenoxy) is 3. The molecule has 46 heavy (non-hydrogen) atoms. The maximum Gasteiger partial charge on any atom is 0.417 e. The summed E-state index contributed by atoms with van der Waals surface area (Å²) >= 11 is 0. The molecule has 7 heteroatoms. The minimum absolute atomic E-state index is 0.00257. The number of hydrogen-bond acceptors (Lipinski definition) is 5. The van der Waals surface area contributed by atoms with Gasteiger partial charge in [-0.2, -0.15) is 0 Å². The highest BCUT2D eigenvalue weighted by atomic mass is 16.6. The molecule has 0 saturated carbocycles. The monoisotopic (exact) mass is 631 g/mol. The second kappa shape index (κ2) is 21.8. The predicted octanol–water partition coefficient (Wildman–Crippen LogP) is 9.45. The Hall–Kier alpha value is -3.87. The third-order valence-electron chi connectivity index (χ3n) is 8.07. The molecule has 0 saturated heterocycles. The SMILES string of the molecule is CCCCCCCCCCCCCCOc1ccc(COC(=O)N(Cc2ccc[n+](CCC)c2)C(=O)c2ccccc2)cc1OC. The molecular weight excluding hydrogens is 576 g/mol. The van der Waals surface area contributed by atoms with Gasteiger partial charge in [0.25, 0.3) is 5.91 Å². The number of benzene rings is 2. The van der Waals surface area contributed by atoms with Gasteiger partial charge in [-0.05, 0) is 42.3 Å². The standard InChI is InChI=1S/C39H55N2O5/c1-4-6-7-8-9-10-11-12-13-14-15-19-28-45-36-25-24-33(29-37(36)44-3)32-46-39(43)41(38(42)35-22-17-16-18-23-35)31-34-21-20-27-40(30-34)26-5-2/h16-18,20-25,27,29-30H,4-15,19,26,28,31-32H2,1-3H3/q+1. The van der Waals surface area contributed by atoms with Crippen LogP contribution in [0.1, 0.15) is 119 Å². The summed E-state index contributed by atoms with van der Waals surface area (Å²) < 4.78 is 19.3. The van der Waals surface area contributed by atoms with Crippen LogP contribution in [0, 0.1) is 0 Å². The molecule has 1 heterocycles. The molecule has 2 amide bonds. The minimum atomic E-state index is -0.703. The zero-order valence-electron chi connectivity index (χ0n) is 28.4. The summed E-state index contributed by atoms with van der Waals surface area (Å²) in [7, 11) is 1.60. The fourth-order valence-electron chi connectivity index (χ4n) is 5.47. The number of carbonyl (C=O) groups excluding carboxylic acids is 2. The topological polar surface area (TPSA) is 69.0 Å². The van der Waals surface area contributed by atoms with Crippen molar-refractivity contribution < 1.29 is 28.4 Å². The van der Waals surface area contributed by atoms with Gasteiger partial charge < -0.3 is 14.2 Å². The van der Waals surface area contributed by atoms with Gasteiger partial charge in [-0.1, -0.05) is 109 Å². The summed E-state index contributed by atoms with van der Waals surface area (Å²) in [6.07, 6.45) is 19.8. The van der Waals surface area contributed by atoms with Crippen LogP contribution in [-0.2, 0) is 24.4 Å². The number of hydrogen-bond donors (Lipinski definition) is 0. The number of methoxy groups -OCH3 is 1. The first kappa shape index (κ1) is 36.6. The lowest BCUT2D eigenvalue weighted by molar-refractivity contribution is -0.697. The Kier molecular flexibility index (Phi) is 17.3. The smallest absolute Gasteiger partial charge is 0.417 e. The van der Waals surface area contributed by atoms with Crippen LogP contribution in [0.25, 0.3) is 0 Å². The van der Waals surface area contributed by atoms with E-state index in [4.69, 9.17) is 14.2 Å². The van der Waals surface area contributed by atoms with E-state index in [9.17, 15) is 9.59 Å². The average Bonchev–Trinajstić information content (AvgIpc) is 3.08. The van der Waals surface area contributed by atoms with Crippen molar-refractivity contribution in [3.8, 4) is 11.5 Å². The van der Waals surface area contributed by atoms with Crippen molar-refractivity contribution in [1.82, 2.24) is 4.90 Å². The molecule has 0 aliphatic heterocycles. The molecule has 7 nitrogen and oxygen atoms in total. The van der Waals surface area contributed by atoms with E-state index in [1.807, 2.05) is 48.8 Å². The summed E-state index contributed by atoms with van der Waals surface area (Å²) in [6, 6.07) is 18.2. The van der Waals surface area contributed by atoms with Gasteiger partial charge in [-0.25, -0.2) is 14.3 Å². The fraction of sp³-hybridized carbons (Fsp3) is 0.513.